The lowest BCUT2D eigenvalue weighted by Crippen LogP contribution is -2.12. The lowest BCUT2D eigenvalue weighted by molar-refractivity contribution is 0.102. The minimum Gasteiger partial charge on any atom is -0.321 e. The SMILES string of the molecule is O=C(Nc1ccc(F)nc1)c1ccc2c(c1)CCC2. The van der Waals surface area contributed by atoms with E-state index in [0.29, 0.717) is 11.3 Å². The standard InChI is InChI=1S/C15H13FN2O/c16-14-7-6-13(9-17-14)18-15(19)12-5-4-10-2-1-3-11(10)8-12/h4-9H,1-3H2,(H,18,19). The Morgan fingerprint density at radius 2 is 2.00 bits per heavy atom. The Hall–Kier alpha value is -2.23. The van der Waals surface area contributed by atoms with Gasteiger partial charge >= 0.3 is 0 Å². The molecule has 1 heterocycles. The summed E-state index contributed by atoms with van der Waals surface area (Å²) in [4.78, 5) is 15.6. The molecule has 1 aromatic carbocycles. The molecule has 0 fully saturated rings. The van der Waals surface area contributed by atoms with E-state index in [2.05, 4.69) is 10.3 Å². The number of aryl methyl sites for hydroxylation is 2. The highest BCUT2D eigenvalue weighted by Crippen LogP contribution is 2.23. The van der Waals surface area contributed by atoms with Crippen LogP contribution in [0.5, 0.6) is 0 Å². The molecular weight excluding hydrogens is 243 g/mol. The summed E-state index contributed by atoms with van der Waals surface area (Å²) in [7, 11) is 0. The van der Waals surface area contributed by atoms with Gasteiger partial charge in [-0.15, -0.1) is 0 Å². The first-order valence-electron chi connectivity index (χ1n) is 6.27. The molecule has 0 saturated heterocycles. The number of fused-ring (bicyclic) bond motifs is 1. The van der Waals surface area contributed by atoms with Crippen LogP contribution in [0.15, 0.2) is 36.5 Å². The van der Waals surface area contributed by atoms with Crippen LogP contribution in [-0.4, -0.2) is 10.9 Å². The summed E-state index contributed by atoms with van der Waals surface area (Å²) >= 11 is 0. The maximum Gasteiger partial charge on any atom is 0.255 e. The van der Waals surface area contributed by atoms with E-state index in [1.54, 1.807) is 0 Å². The van der Waals surface area contributed by atoms with Crippen LogP contribution in [0.3, 0.4) is 0 Å². The average Bonchev–Trinajstić information content (AvgIpc) is 2.88. The molecule has 4 heteroatoms. The summed E-state index contributed by atoms with van der Waals surface area (Å²) in [5, 5.41) is 2.71. The Balaban J connectivity index is 1.78. The number of hydrogen-bond donors (Lipinski definition) is 1. The first-order chi connectivity index (χ1) is 9.22. The van der Waals surface area contributed by atoms with E-state index in [4.69, 9.17) is 0 Å². The number of carbonyl (C=O) groups is 1. The lowest BCUT2D eigenvalue weighted by atomic mass is 10.1. The highest BCUT2D eigenvalue weighted by molar-refractivity contribution is 6.04. The molecule has 0 unspecified atom stereocenters. The van der Waals surface area contributed by atoms with Gasteiger partial charge in [-0.3, -0.25) is 4.79 Å². The molecule has 1 aromatic heterocycles. The number of pyridine rings is 1. The van der Waals surface area contributed by atoms with Crippen LogP contribution in [0.4, 0.5) is 10.1 Å². The van der Waals surface area contributed by atoms with Gasteiger partial charge in [-0.05, 0) is 54.7 Å². The summed E-state index contributed by atoms with van der Waals surface area (Å²) in [5.41, 5.74) is 3.71. The fraction of sp³-hybridized carbons (Fsp3) is 0.200. The Morgan fingerprint density at radius 3 is 2.79 bits per heavy atom. The molecule has 0 bridgehead atoms. The van der Waals surface area contributed by atoms with Gasteiger partial charge in [-0.2, -0.15) is 4.39 Å². The van der Waals surface area contributed by atoms with Gasteiger partial charge in [0.1, 0.15) is 0 Å². The summed E-state index contributed by atoms with van der Waals surface area (Å²) in [5.74, 6) is -0.751. The summed E-state index contributed by atoms with van der Waals surface area (Å²) in [6.07, 6.45) is 4.59. The summed E-state index contributed by atoms with van der Waals surface area (Å²) in [6.45, 7) is 0. The van der Waals surface area contributed by atoms with Gasteiger partial charge in [0.15, 0.2) is 0 Å². The molecule has 0 saturated carbocycles. The molecule has 1 aliphatic carbocycles. The Morgan fingerprint density at radius 1 is 1.16 bits per heavy atom. The highest BCUT2D eigenvalue weighted by Gasteiger charge is 2.14. The molecule has 0 aliphatic heterocycles. The first-order valence-corrected chi connectivity index (χ1v) is 6.27. The van der Waals surface area contributed by atoms with Gasteiger partial charge in [0.05, 0.1) is 11.9 Å². The molecule has 3 nitrogen and oxygen atoms in total. The van der Waals surface area contributed by atoms with E-state index in [1.807, 2.05) is 18.2 Å². The monoisotopic (exact) mass is 256 g/mol. The topological polar surface area (TPSA) is 42.0 Å². The van der Waals surface area contributed by atoms with Crippen LogP contribution < -0.4 is 5.32 Å². The normalized spacial score (nSPS) is 13.1. The zero-order valence-electron chi connectivity index (χ0n) is 10.3. The number of nitrogens with one attached hydrogen (secondary N) is 1. The van der Waals surface area contributed by atoms with Gasteiger partial charge in [-0.25, -0.2) is 4.98 Å². The van der Waals surface area contributed by atoms with E-state index in [1.165, 1.54) is 29.5 Å². The molecule has 2 aromatic rings. The van der Waals surface area contributed by atoms with Crippen molar-refractivity contribution in [3.63, 3.8) is 0 Å². The van der Waals surface area contributed by atoms with Crippen LogP contribution in [0.25, 0.3) is 0 Å². The first kappa shape index (κ1) is 11.8. The molecular formula is C15H13FN2O. The molecule has 0 atom stereocenters. The second kappa shape index (κ2) is 4.80. The van der Waals surface area contributed by atoms with E-state index < -0.39 is 5.95 Å². The number of benzene rings is 1. The van der Waals surface area contributed by atoms with Crippen molar-refractivity contribution in [2.45, 2.75) is 19.3 Å². The third-order valence-electron chi connectivity index (χ3n) is 3.35. The van der Waals surface area contributed by atoms with Gasteiger partial charge < -0.3 is 5.32 Å². The van der Waals surface area contributed by atoms with Crippen molar-refractivity contribution in [1.29, 1.82) is 0 Å². The average molecular weight is 256 g/mol. The molecule has 3 rings (SSSR count). The van der Waals surface area contributed by atoms with Crippen molar-refractivity contribution in [3.8, 4) is 0 Å². The van der Waals surface area contributed by atoms with E-state index in [9.17, 15) is 9.18 Å². The van der Waals surface area contributed by atoms with Crippen molar-refractivity contribution < 1.29 is 9.18 Å². The Bertz CT molecular complexity index is 623. The predicted octanol–water partition coefficient (Wildman–Crippen LogP) is 2.96. The quantitative estimate of drug-likeness (QED) is 0.839. The number of carbonyl (C=O) groups excluding carboxylic acids is 1. The van der Waals surface area contributed by atoms with Gasteiger partial charge in [0, 0.05) is 5.56 Å². The maximum absolute atomic E-state index is 12.7. The van der Waals surface area contributed by atoms with Crippen molar-refractivity contribution in [1.82, 2.24) is 4.98 Å². The molecule has 1 amide bonds. The molecule has 19 heavy (non-hydrogen) atoms. The fourth-order valence-electron chi connectivity index (χ4n) is 2.37. The highest BCUT2D eigenvalue weighted by atomic mass is 19.1. The minimum absolute atomic E-state index is 0.192. The van der Waals surface area contributed by atoms with E-state index in [-0.39, 0.29) is 5.91 Å². The van der Waals surface area contributed by atoms with Crippen molar-refractivity contribution in [2.24, 2.45) is 0 Å². The lowest BCUT2D eigenvalue weighted by Gasteiger charge is -2.06. The maximum atomic E-state index is 12.7. The zero-order chi connectivity index (χ0) is 13.2. The third kappa shape index (κ3) is 2.47. The van der Waals surface area contributed by atoms with Crippen LogP contribution >= 0.6 is 0 Å². The van der Waals surface area contributed by atoms with Gasteiger partial charge in [0.25, 0.3) is 5.91 Å². The summed E-state index contributed by atoms with van der Waals surface area (Å²) < 4.78 is 12.7. The van der Waals surface area contributed by atoms with Crippen molar-refractivity contribution in [3.05, 3.63) is 59.2 Å². The second-order valence-corrected chi connectivity index (χ2v) is 4.66. The van der Waals surface area contributed by atoms with E-state index in [0.717, 1.165) is 19.3 Å². The number of aromatic nitrogens is 1. The largest absolute Gasteiger partial charge is 0.321 e. The van der Waals surface area contributed by atoms with Crippen LogP contribution in [0.2, 0.25) is 0 Å². The van der Waals surface area contributed by atoms with Crippen LogP contribution in [-0.2, 0) is 12.8 Å². The van der Waals surface area contributed by atoms with Crippen LogP contribution in [0.1, 0.15) is 27.9 Å². The number of hydrogen-bond acceptors (Lipinski definition) is 2. The van der Waals surface area contributed by atoms with Crippen molar-refractivity contribution >= 4 is 11.6 Å². The molecule has 96 valence electrons. The molecule has 0 spiro atoms. The number of anilines is 1. The van der Waals surface area contributed by atoms with E-state index >= 15 is 0 Å². The molecule has 0 radical (unpaired) electrons. The van der Waals surface area contributed by atoms with Crippen LogP contribution in [0, 0.1) is 5.95 Å². The Labute approximate surface area is 110 Å². The van der Waals surface area contributed by atoms with Gasteiger partial charge in [-0.1, -0.05) is 6.07 Å². The second-order valence-electron chi connectivity index (χ2n) is 4.66. The number of rotatable bonds is 2. The minimum atomic E-state index is -0.560. The molecule has 1 N–H and O–H groups in total. The number of nitrogens with zero attached hydrogens (tertiary/aromatic N) is 1. The molecule has 1 aliphatic rings. The predicted molar refractivity (Wildman–Crippen MR) is 70.6 cm³/mol. The Kier molecular flexibility index (Phi) is 2.99. The van der Waals surface area contributed by atoms with Crippen molar-refractivity contribution in [2.75, 3.05) is 5.32 Å². The third-order valence-corrected chi connectivity index (χ3v) is 3.35. The number of amides is 1. The van der Waals surface area contributed by atoms with Gasteiger partial charge in [0.2, 0.25) is 5.95 Å². The summed E-state index contributed by atoms with van der Waals surface area (Å²) in [6, 6.07) is 8.50. The number of halogens is 1. The fourth-order valence-corrected chi connectivity index (χ4v) is 2.37. The zero-order valence-corrected chi connectivity index (χ0v) is 10.3. The smallest absolute Gasteiger partial charge is 0.255 e.